The number of benzene rings is 1. The quantitative estimate of drug-likeness (QED) is 0.726. The van der Waals surface area contributed by atoms with Crippen molar-refractivity contribution in [2.75, 3.05) is 12.0 Å². The van der Waals surface area contributed by atoms with Crippen LogP contribution < -0.4 is 5.73 Å². The second-order valence-corrected chi connectivity index (χ2v) is 4.69. The monoisotopic (exact) mass is 197 g/mol. The lowest BCUT2D eigenvalue weighted by atomic mass is 10.2. The normalized spacial score (nSPS) is 12.1. The summed E-state index contributed by atoms with van der Waals surface area (Å²) in [4.78, 5) is 0. The lowest BCUT2D eigenvalue weighted by Crippen LogP contribution is -1.90. The molecule has 0 spiro atoms. The number of nitrogen functional groups attached to an aromatic ring is 1. The average molecular weight is 197 g/mol. The Bertz CT molecular complexity index is 421. The molecule has 0 fully saturated rings. The van der Waals surface area contributed by atoms with Crippen molar-refractivity contribution < 1.29 is 8.42 Å². The molecule has 0 unspecified atom stereocenters. The van der Waals surface area contributed by atoms with Crippen LogP contribution in [0.5, 0.6) is 0 Å². The number of anilines is 1. The molecule has 4 heteroatoms. The van der Waals surface area contributed by atoms with E-state index in [0.29, 0.717) is 11.3 Å². The molecule has 0 saturated carbocycles. The Morgan fingerprint density at radius 1 is 1.31 bits per heavy atom. The highest BCUT2D eigenvalue weighted by Crippen LogP contribution is 2.12. The molecular formula is C9H11NO2S. The number of para-hydroxylation sites is 1. The predicted molar refractivity (Wildman–Crippen MR) is 54.7 cm³/mol. The first kappa shape index (κ1) is 9.80. The van der Waals surface area contributed by atoms with Gasteiger partial charge in [0.2, 0.25) is 0 Å². The van der Waals surface area contributed by atoms with Crippen LogP contribution in [0.15, 0.2) is 29.7 Å². The fourth-order valence-corrected chi connectivity index (χ4v) is 1.25. The summed E-state index contributed by atoms with van der Waals surface area (Å²) in [5.74, 6) is 0. The number of nitrogens with two attached hydrogens (primary N) is 1. The van der Waals surface area contributed by atoms with E-state index in [9.17, 15) is 8.42 Å². The molecule has 1 aromatic carbocycles. The molecule has 3 nitrogen and oxygen atoms in total. The first-order valence-corrected chi connectivity index (χ1v) is 5.67. The van der Waals surface area contributed by atoms with E-state index in [1.165, 1.54) is 6.08 Å². The summed E-state index contributed by atoms with van der Waals surface area (Å²) in [6.45, 7) is 0. The maximum atomic E-state index is 10.8. The Hall–Kier alpha value is -1.29. The zero-order valence-electron chi connectivity index (χ0n) is 7.27. The highest BCUT2D eigenvalue weighted by molar-refractivity contribution is 7.93. The van der Waals surface area contributed by atoms with Crippen LogP contribution in [-0.4, -0.2) is 14.7 Å². The molecule has 0 aliphatic carbocycles. The summed E-state index contributed by atoms with van der Waals surface area (Å²) in [5, 5.41) is 1.14. The van der Waals surface area contributed by atoms with Gasteiger partial charge in [-0.15, -0.1) is 0 Å². The van der Waals surface area contributed by atoms with Gasteiger partial charge in [0.05, 0.1) is 0 Å². The van der Waals surface area contributed by atoms with Crippen molar-refractivity contribution in [1.29, 1.82) is 0 Å². The van der Waals surface area contributed by atoms with E-state index in [-0.39, 0.29) is 0 Å². The van der Waals surface area contributed by atoms with Crippen molar-refractivity contribution in [3.05, 3.63) is 35.2 Å². The third kappa shape index (κ3) is 3.29. The molecule has 0 bridgehead atoms. The first-order valence-electron chi connectivity index (χ1n) is 3.72. The molecule has 1 rings (SSSR count). The fourth-order valence-electron chi connectivity index (χ4n) is 0.860. The molecular weight excluding hydrogens is 186 g/mol. The van der Waals surface area contributed by atoms with E-state index >= 15 is 0 Å². The average Bonchev–Trinajstić information content (AvgIpc) is 2.01. The van der Waals surface area contributed by atoms with Gasteiger partial charge in [-0.2, -0.15) is 0 Å². The van der Waals surface area contributed by atoms with Crippen LogP contribution >= 0.6 is 0 Å². The highest BCUT2D eigenvalue weighted by Gasteiger charge is 1.95. The summed E-state index contributed by atoms with van der Waals surface area (Å²) < 4.78 is 21.6. The number of hydrogen-bond donors (Lipinski definition) is 1. The fraction of sp³-hybridized carbons (Fsp3) is 0.111. The first-order chi connectivity index (χ1) is 5.99. The molecule has 0 aliphatic heterocycles. The lowest BCUT2D eigenvalue weighted by Gasteiger charge is -1.97. The standard InChI is InChI=1S/C9H11NO2S/c1-13(11,12)7-6-8-4-2-3-5-9(8)10/h2-7H,10H2,1H3/b7-6+. The van der Waals surface area contributed by atoms with Crippen molar-refractivity contribution in [1.82, 2.24) is 0 Å². The Labute approximate surface area is 77.8 Å². The van der Waals surface area contributed by atoms with Gasteiger partial charge in [-0.05, 0) is 17.7 Å². The molecule has 0 saturated heterocycles. The van der Waals surface area contributed by atoms with E-state index in [1.54, 1.807) is 24.3 Å². The van der Waals surface area contributed by atoms with Crippen molar-refractivity contribution in [2.24, 2.45) is 0 Å². The van der Waals surface area contributed by atoms with Crippen molar-refractivity contribution in [2.45, 2.75) is 0 Å². The van der Waals surface area contributed by atoms with Crippen LogP contribution in [0.3, 0.4) is 0 Å². The zero-order valence-corrected chi connectivity index (χ0v) is 8.08. The summed E-state index contributed by atoms with van der Waals surface area (Å²) in [6, 6.07) is 7.09. The Balaban J connectivity index is 3.00. The maximum Gasteiger partial charge on any atom is 0.168 e. The predicted octanol–water partition coefficient (Wildman–Crippen LogP) is 1.28. The number of sulfone groups is 1. The summed E-state index contributed by atoms with van der Waals surface area (Å²) in [6.07, 6.45) is 2.63. The molecule has 70 valence electrons. The SMILES string of the molecule is CS(=O)(=O)/C=C/c1ccccc1N. The van der Waals surface area contributed by atoms with E-state index in [4.69, 9.17) is 5.73 Å². The zero-order chi connectivity index (χ0) is 9.90. The second-order valence-electron chi connectivity index (χ2n) is 2.76. The third-order valence-electron chi connectivity index (χ3n) is 1.49. The molecule has 0 radical (unpaired) electrons. The topological polar surface area (TPSA) is 60.2 Å². The maximum absolute atomic E-state index is 10.8. The smallest absolute Gasteiger partial charge is 0.168 e. The van der Waals surface area contributed by atoms with Gasteiger partial charge in [-0.1, -0.05) is 18.2 Å². The minimum absolute atomic E-state index is 0.572. The minimum atomic E-state index is -3.08. The van der Waals surface area contributed by atoms with Gasteiger partial charge >= 0.3 is 0 Å². The van der Waals surface area contributed by atoms with Crippen LogP contribution in [0.4, 0.5) is 5.69 Å². The molecule has 0 aromatic heterocycles. The summed E-state index contributed by atoms with van der Waals surface area (Å²) >= 11 is 0. The number of hydrogen-bond acceptors (Lipinski definition) is 3. The molecule has 2 N–H and O–H groups in total. The van der Waals surface area contributed by atoms with E-state index in [1.807, 2.05) is 0 Å². The van der Waals surface area contributed by atoms with Crippen LogP contribution in [0.1, 0.15) is 5.56 Å². The van der Waals surface area contributed by atoms with Crippen LogP contribution in [0.25, 0.3) is 6.08 Å². The second kappa shape index (κ2) is 3.62. The van der Waals surface area contributed by atoms with Crippen LogP contribution in [0, 0.1) is 0 Å². The van der Waals surface area contributed by atoms with E-state index in [0.717, 1.165) is 11.7 Å². The van der Waals surface area contributed by atoms with E-state index < -0.39 is 9.84 Å². The summed E-state index contributed by atoms with van der Waals surface area (Å²) in [7, 11) is -3.08. The van der Waals surface area contributed by atoms with Crippen LogP contribution in [-0.2, 0) is 9.84 Å². The third-order valence-corrected chi connectivity index (χ3v) is 2.12. The Morgan fingerprint density at radius 2 is 1.92 bits per heavy atom. The molecule has 0 amide bonds. The minimum Gasteiger partial charge on any atom is -0.398 e. The van der Waals surface area contributed by atoms with Gasteiger partial charge in [0.15, 0.2) is 9.84 Å². The molecule has 13 heavy (non-hydrogen) atoms. The Kier molecular flexibility index (Phi) is 2.72. The lowest BCUT2D eigenvalue weighted by molar-refractivity contribution is 0.610. The molecule has 0 atom stereocenters. The van der Waals surface area contributed by atoms with Gasteiger partial charge in [0.25, 0.3) is 0 Å². The molecule has 0 heterocycles. The Morgan fingerprint density at radius 3 is 2.46 bits per heavy atom. The molecule has 0 aliphatic rings. The van der Waals surface area contributed by atoms with Crippen molar-refractivity contribution in [3.63, 3.8) is 0 Å². The number of rotatable bonds is 2. The summed E-state index contributed by atoms with van der Waals surface area (Å²) in [5.41, 5.74) is 6.89. The van der Waals surface area contributed by atoms with Gasteiger partial charge < -0.3 is 5.73 Å². The van der Waals surface area contributed by atoms with E-state index in [2.05, 4.69) is 0 Å². The van der Waals surface area contributed by atoms with Gasteiger partial charge in [0.1, 0.15) is 0 Å². The van der Waals surface area contributed by atoms with Crippen LogP contribution in [0.2, 0.25) is 0 Å². The van der Waals surface area contributed by atoms with Gasteiger partial charge in [0, 0.05) is 17.4 Å². The van der Waals surface area contributed by atoms with Gasteiger partial charge in [-0.25, -0.2) is 8.42 Å². The highest BCUT2D eigenvalue weighted by atomic mass is 32.2. The molecule has 1 aromatic rings. The van der Waals surface area contributed by atoms with Crippen molar-refractivity contribution in [3.8, 4) is 0 Å². The van der Waals surface area contributed by atoms with Gasteiger partial charge in [-0.3, -0.25) is 0 Å². The van der Waals surface area contributed by atoms with Crippen molar-refractivity contribution >= 4 is 21.6 Å². The largest absolute Gasteiger partial charge is 0.398 e.